The predicted octanol–water partition coefficient (Wildman–Crippen LogP) is 3.23. The van der Waals surface area contributed by atoms with Gasteiger partial charge in [-0.15, -0.1) is 0 Å². The molecule has 2 amide bonds. The van der Waals surface area contributed by atoms with E-state index < -0.39 is 17.3 Å². The molecule has 1 aliphatic heterocycles. The molecule has 4 nitrogen and oxygen atoms in total. The number of aliphatic hydroxyl groups is 1. The van der Waals surface area contributed by atoms with Crippen LogP contribution in [0.4, 0.5) is 5.69 Å². The van der Waals surface area contributed by atoms with Crippen LogP contribution in [0.5, 0.6) is 0 Å². The van der Waals surface area contributed by atoms with Crippen LogP contribution >= 0.6 is 0 Å². The van der Waals surface area contributed by atoms with Crippen molar-refractivity contribution in [2.75, 3.05) is 11.5 Å². The number of carbonyl (C=O) groups is 2. The minimum atomic E-state index is -0.900. The van der Waals surface area contributed by atoms with Crippen LogP contribution in [0, 0.1) is 11.8 Å². The number of carbonyl (C=O) groups excluding carboxylic acids is 2. The zero-order valence-electron chi connectivity index (χ0n) is 15.7. The van der Waals surface area contributed by atoms with Gasteiger partial charge in [0, 0.05) is 5.92 Å². The predicted molar refractivity (Wildman–Crippen MR) is 109 cm³/mol. The number of amides is 2. The average Bonchev–Trinajstić information content (AvgIpc) is 3.05. The molecule has 0 saturated carbocycles. The number of anilines is 1. The van der Waals surface area contributed by atoms with Crippen LogP contribution < -0.4 is 4.90 Å². The Bertz CT molecular complexity index is 1120. The Balaban J connectivity index is 1.66. The van der Waals surface area contributed by atoms with Crippen molar-refractivity contribution < 1.29 is 14.7 Å². The standard InChI is InChI=1S/C25H19NO3/c27-14-25-18-12-6-4-10-16(18)20(17-11-5-7-13-19(17)25)21-22(25)24(29)26(23(21)28)15-8-2-1-3-9-15/h1-13,20-22,27H,14H2/t20?,21-,22+,25?/m0/s1. The van der Waals surface area contributed by atoms with Gasteiger partial charge in [-0.2, -0.15) is 0 Å². The Hall–Kier alpha value is -3.24. The van der Waals surface area contributed by atoms with E-state index in [1.807, 2.05) is 66.7 Å². The Morgan fingerprint density at radius 3 is 1.90 bits per heavy atom. The zero-order valence-corrected chi connectivity index (χ0v) is 15.7. The quantitative estimate of drug-likeness (QED) is 0.694. The molecular formula is C25H19NO3. The molecule has 1 saturated heterocycles. The Morgan fingerprint density at radius 1 is 0.759 bits per heavy atom. The molecule has 2 atom stereocenters. The number of para-hydroxylation sites is 1. The van der Waals surface area contributed by atoms with Gasteiger partial charge < -0.3 is 5.11 Å². The van der Waals surface area contributed by atoms with Gasteiger partial charge in [-0.25, -0.2) is 4.90 Å². The highest BCUT2D eigenvalue weighted by Crippen LogP contribution is 2.64. The second-order valence-electron chi connectivity index (χ2n) is 8.13. The van der Waals surface area contributed by atoms with Gasteiger partial charge in [0.25, 0.3) is 0 Å². The van der Waals surface area contributed by atoms with Gasteiger partial charge in [0.05, 0.1) is 29.5 Å². The second-order valence-corrected chi connectivity index (χ2v) is 8.13. The van der Waals surface area contributed by atoms with Crippen LogP contribution in [0.2, 0.25) is 0 Å². The number of nitrogens with zero attached hydrogens (tertiary/aromatic N) is 1. The molecule has 29 heavy (non-hydrogen) atoms. The largest absolute Gasteiger partial charge is 0.395 e. The lowest BCUT2D eigenvalue weighted by atomic mass is 9.47. The molecule has 2 bridgehead atoms. The summed E-state index contributed by atoms with van der Waals surface area (Å²) in [5, 5.41) is 10.8. The summed E-state index contributed by atoms with van der Waals surface area (Å²) in [5.74, 6) is -1.66. The molecule has 0 radical (unpaired) electrons. The second kappa shape index (κ2) is 5.65. The molecule has 3 aromatic carbocycles. The molecule has 3 aliphatic carbocycles. The Kier molecular flexibility index (Phi) is 3.25. The van der Waals surface area contributed by atoms with E-state index in [4.69, 9.17) is 0 Å². The topological polar surface area (TPSA) is 57.6 Å². The van der Waals surface area contributed by atoms with Crippen LogP contribution in [0.1, 0.15) is 28.2 Å². The van der Waals surface area contributed by atoms with Crippen molar-refractivity contribution in [2.45, 2.75) is 11.3 Å². The SMILES string of the molecule is O=C1[C@H]2C3c4ccccc4C(CO)(c4ccccc43)[C@H]2C(=O)N1c1ccccc1. The summed E-state index contributed by atoms with van der Waals surface area (Å²) < 4.78 is 0. The molecule has 0 spiro atoms. The molecule has 1 heterocycles. The van der Waals surface area contributed by atoms with E-state index in [1.54, 1.807) is 12.1 Å². The van der Waals surface area contributed by atoms with Crippen molar-refractivity contribution in [1.82, 2.24) is 0 Å². The normalized spacial score (nSPS) is 28.9. The fourth-order valence-corrected chi connectivity index (χ4v) is 6.03. The van der Waals surface area contributed by atoms with E-state index in [-0.39, 0.29) is 24.3 Å². The maximum absolute atomic E-state index is 13.7. The van der Waals surface area contributed by atoms with Crippen molar-refractivity contribution in [3.63, 3.8) is 0 Å². The van der Waals surface area contributed by atoms with Crippen molar-refractivity contribution in [3.8, 4) is 0 Å². The highest BCUT2D eigenvalue weighted by Gasteiger charge is 2.68. The first-order valence-electron chi connectivity index (χ1n) is 9.92. The molecule has 3 aromatic rings. The van der Waals surface area contributed by atoms with Gasteiger partial charge in [-0.3, -0.25) is 9.59 Å². The molecule has 7 rings (SSSR count). The summed E-state index contributed by atoms with van der Waals surface area (Å²) in [7, 11) is 0. The average molecular weight is 381 g/mol. The third kappa shape index (κ3) is 1.83. The molecule has 0 aromatic heterocycles. The van der Waals surface area contributed by atoms with Crippen molar-refractivity contribution in [2.24, 2.45) is 11.8 Å². The lowest BCUT2D eigenvalue weighted by Crippen LogP contribution is -2.55. The molecule has 4 aliphatic rings. The summed E-state index contributed by atoms with van der Waals surface area (Å²) in [4.78, 5) is 28.7. The summed E-state index contributed by atoms with van der Waals surface area (Å²) in [6.07, 6.45) is 0. The van der Waals surface area contributed by atoms with Crippen molar-refractivity contribution >= 4 is 17.5 Å². The van der Waals surface area contributed by atoms with Gasteiger partial charge >= 0.3 is 0 Å². The molecule has 142 valence electrons. The van der Waals surface area contributed by atoms with Crippen molar-refractivity contribution in [1.29, 1.82) is 0 Å². The summed E-state index contributed by atoms with van der Waals surface area (Å²) in [6, 6.07) is 25.1. The number of imide groups is 1. The van der Waals surface area contributed by atoms with Crippen LogP contribution in [-0.2, 0) is 15.0 Å². The Labute approximate surface area is 168 Å². The van der Waals surface area contributed by atoms with Crippen molar-refractivity contribution in [3.05, 3.63) is 101 Å². The summed E-state index contributed by atoms with van der Waals surface area (Å²) in [5.41, 5.74) is 3.75. The Morgan fingerprint density at radius 2 is 1.31 bits per heavy atom. The molecular weight excluding hydrogens is 362 g/mol. The van der Waals surface area contributed by atoms with Crippen LogP contribution in [-0.4, -0.2) is 23.5 Å². The monoisotopic (exact) mass is 381 g/mol. The van der Waals surface area contributed by atoms with E-state index >= 15 is 0 Å². The number of benzene rings is 3. The number of hydrogen-bond acceptors (Lipinski definition) is 3. The lowest BCUT2D eigenvalue weighted by molar-refractivity contribution is -0.124. The van der Waals surface area contributed by atoms with Gasteiger partial charge in [0.15, 0.2) is 0 Å². The van der Waals surface area contributed by atoms with E-state index in [2.05, 4.69) is 0 Å². The summed E-state index contributed by atoms with van der Waals surface area (Å²) >= 11 is 0. The maximum atomic E-state index is 13.7. The smallest absolute Gasteiger partial charge is 0.239 e. The van der Waals surface area contributed by atoms with E-state index in [0.717, 1.165) is 22.3 Å². The minimum absolute atomic E-state index is 0.168. The summed E-state index contributed by atoms with van der Waals surface area (Å²) in [6.45, 7) is -0.212. The molecule has 1 fully saturated rings. The highest BCUT2D eigenvalue weighted by molar-refractivity contribution is 6.23. The van der Waals surface area contributed by atoms with Crippen LogP contribution in [0.3, 0.4) is 0 Å². The number of aliphatic hydroxyl groups excluding tert-OH is 1. The first-order chi connectivity index (χ1) is 14.2. The lowest BCUT2D eigenvalue weighted by Gasteiger charge is -2.53. The number of rotatable bonds is 2. The third-order valence-electron chi connectivity index (χ3n) is 7.06. The minimum Gasteiger partial charge on any atom is -0.395 e. The molecule has 0 unspecified atom stereocenters. The third-order valence-corrected chi connectivity index (χ3v) is 7.06. The van der Waals surface area contributed by atoms with E-state index in [1.165, 1.54) is 4.90 Å². The first-order valence-corrected chi connectivity index (χ1v) is 9.92. The fourth-order valence-electron chi connectivity index (χ4n) is 6.03. The highest BCUT2D eigenvalue weighted by atomic mass is 16.3. The van der Waals surface area contributed by atoms with Crippen LogP contribution in [0.25, 0.3) is 0 Å². The van der Waals surface area contributed by atoms with Gasteiger partial charge in [0.1, 0.15) is 0 Å². The van der Waals surface area contributed by atoms with Gasteiger partial charge in [0.2, 0.25) is 11.8 Å². The number of hydrogen-bond donors (Lipinski definition) is 1. The maximum Gasteiger partial charge on any atom is 0.239 e. The molecule has 4 heteroatoms. The fraction of sp³-hybridized carbons (Fsp3) is 0.200. The zero-order chi connectivity index (χ0) is 19.8. The molecule has 1 N–H and O–H groups in total. The van der Waals surface area contributed by atoms with Gasteiger partial charge in [-0.1, -0.05) is 66.7 Å². The first kappa shape index (κ1) is 16.7. The van der Waals surface area contributed by atoms with E-state index in [9.17, 15) is 14.7 Å². The van der Waals surface area contributed by atoms with Gasteiger partial charge in [-0.05, 0) is 34.4 Å². The van der Waals surface area contributed by atoms with E-state index in [0.29, 0.717) is 5.69 Å². The van der Waals surface area contributed by atoms with Crippen LogP contribution in [0.15, 0.2) is 78.9 Å².